The van der Waals surface area contributed by atoms with Crippen LogP contribution in [0.15, 0.2) is 36.5 Å². The van der Waals surface area contributed by atoms with E-state index in [1.165, 1.54) is 225 Å². The fourth-order valence-electron chi connectivity index (χ4n) is 9.34. The molecule has 0 fully saturated rings. The minimum atomic E-state index is -0.777. The van der Waals surface area contributed by atoms with Crippen LogP contribution in [0.5, 0.6) is 0 Å². The van der Waals surface area contributed by atoms with Crippen molar-refractivity contribution in [3.8, 4) is 0 Å². The highest BCUT2D eigenvalue weighted by Crippen LogP contribution is 2.18. The van der Waals surface area contributed by atoms with E-state index in [1.54, 1.807) is 0 Å². The van der Waals surface area contributed by atoms with Gasteiger partial charge in [0.25, 0.3) is 0 Å². The van der Waals surface area contributed by atoms with Gasteiger partial charge in [-0.05, 0) is 70.6 Å². The van der Waals surface area contributed by atoms with E-state index in [-0.39, 0.29) is 31.1 Å². The van der Waals surface area contributed by atoms with Crippen molar-refractivity contribution in [3.63, 3.8) is 0 Å². The van der Waals surface area contributed by atoms with Gasteiger partial charge in [-0.1, -0.05) is 288 Å². The van der Waals surface area contributed by atoms with Gasteiger partial charge in [-0.15, -0.1) is 0 Å². The average Bonchev–Trinajstić information content (AvgIpc) is 3.37. The van der Waals surface area contributed by atoms with Crippen LogP contribution in [0.3, 0.4) is 0 Å². The lowest BCUT2D eigenvalue weighted by Gasteiger charge is -2.18. The van der Waals surface area contributed by atoms with E-state index >= 15 is 0 Å². The maximum absolute atomic E-state index is 12.9. The molecule has 1 unspecified atom stereocenters. The molecule has 0 rings (SSSR count). The van der Waals surface area contributed by atoms with Crippen LogP contribution in [0.4, 0.5) is 0 Å². The first-order valence-corrected chi connectivity index (χ1v) is 31.5. The van der Waals surface area contributed by atoms with Crippen LogP contribution in [0.25, 0.3) is 0 Å². The Bertz CT molecular complexity index is 1190. The van der Waals surface area contributed by atoms with Crippen molar-refractivity contribution >= 4 is 17.9 Å². The summed E-state index contributed by atoms with van der Waals surface area (Å²) >= 11 is 0. The molecule has 0 heterocycles. The summed E-state index contributed by atoms with van der Waals surface area (Å²) in [7, 11) is 0. The van der Waals surface area contributed by atoms with Gasteiger partial charge in [0, 0.05) is 19.3 Å². The highest BCUT2D eigenvalue weighted by atomic mass is 16.6. The molecule has 0 saturated carbocycles. The second-order valence-electron chi connectivity index (χ2n) is 21.3. The Balaban J connectivity index is 4.20. The molecule has 6 nitrogen and oxygen atoms in total. The maximum atomic E-state index is 12.9. The molecule has 416 valence electrons. The Kier molecular flexibility index (Phi) is 58.2. The van der Waals surface area contributed by atoms with Gasteiger partial charge in [-0.25, -0.2) is 0 Å². The first-order chi connectivity index (χ1) is 35.0. The van der Waals surface area contributed by atoms with E-state index in [2.05, 4.69) is 57.2 Å². The van der Waals surface area contributed by atoms with E-state index in [4.69, 9.17) is 14.2 Å². The van der Waals surface area contributed by atoms with Crippen LogP contribution in [0.2, 0.25) is 0 Å². The van der Waals surface area contributed by atoms with Gasteiger partial charge in [0.1, 0.15) is 13.2 Å². The minimum absolute atomic E-state index is 0.0743. The molecule has 6 heteroatoms. The number of rotatable bonds is 58. The van der Waals surface area contributed by atoms with Crippen LogP contribution in [0, 0.1) is 0 Å². The second-order valence-corrected chi connectivity index (χ2v) is 21.3. The van der Waals surface area contributed by atoms with Gasteiger partial charge in [-0.2, -0.15) is 0 Å². The summed E-state index contributed by atoms with van der Waals surface area (Å²) in [5, 5.41) is 0. The van der Waals surface area contributed by atoms with Gasteiger partial charge < -0.3 is 14.2 Å². The maximum Gasteiger partial charge on any atom is 0.306 e. The predicted molar refractivity (Wildman–Crippen MR) is 307 cm³/mol. The quantitative estimate of drug-likeness (QED) is 0.0261. The van der Waals surface area contributed by atoms with Crippen LogP contribution >= 0.6 is 0 Å². The molecule has 0 aromatic carbocycles. The molecular formula is C65H120O6. The monoisotopic (exact) mass is 997 g/mol. The van der Waals surface area contributed by atoms with Gasteiger partial charge in [0.15, 0.2) is 6.10 Å². The molecule has 0 aromatic heterocycles. The average molecular weight is 998 g/mol. The zero-order chi connectivity index (χ0) is 51.4. The Hall–Kier alpha value is -2.37. The number of allylic oxidation sites excluding steroid dienone is 6. The number of hydrogen-bond donors (Lipinski definition) is 0. The Morgan fingerprint density at radius 1 is 0.282 bits per heavy atom. The third kappa shape index (κ3) is 58.4. The molecule has 0 aliphatic carbocycles. The number of ether oxygens (including phenoxy) is 3. The largest absolute Gasteiger partial charge is 0.462 e. The summed E-state index contributed by atoms with van der Waals surface area (Å²) in [6.07, 6.45) is 73.0. The number of unbranched alkanes of at least 4 members (excludes halogenated alkanes) is 41. The zero-order valence-corrected chi connectivity index (χ0v) is 47.8. The summed E-state index contributed by atoms with van der Waals surface area (Å²) in [6.45, 7) is 6.61. The normalized spacial score (nSPS) is 12.2. The predicted octanol–water partition coefficient (Wildman–Crippen LogP) is 21.2. The molecule has 71 heavy (non-hydrogen) atoms. The SMILES string of the molecule is CCCC/C=C\CCCCCCCC(=O)OCC(COC(=O)CCCCCCCCCCCCCCCCCCCCCCCCCCC)OC(=O)CCCCCCCCC/C=C\C/C=C\CCCCC. The first-order valence-electron chi connectivity index (χ1n) is 31.5. The summed E-state index contributed by atoms with van der Waals surface area (Å²) in [6, 6.07) is 0. The summed E-state index contributed by atoms with van der Waals surface area (Å²) < 4.78 is 16.9. The second kappa shape index (κ2) is 60.2. The molecule has 0 aliphatic heterocycles. The van der Waals surface area contributed by atoms with Crippen LogP contribution in [0.1, 0.15) is 342 Å². The van der Waals surface area contributed by atoms with E-state index < -0.39 is 6.10 Å². The number of carbonyl (C=O) groups is 3. The molecule has 0 spiro atoms. The smallest absolute Gasteiger partial charge is 0.306 e. The van der Waals surface area contributed by atoms with Crippen molar-refractivity contribution in [2.45, 2.75) is 348 Å². The Labute approximate surface area is 442 Å². The molecular weight excluding hydrogens is 877 g/mol. The molecule has 0 aromatic rings. The van der Waals surface area contributed by atoms with E-state index in [0.717, 1.165) is 77.0 Å². The van der Waals surface area contributed by atoms with E-state index in [1.807, 2.05) is 0 Å². The lowest BCUT2D eigenvalue weighted by atomic mass is 10.0. The van der Waals surface area contributed by atoms with Gasteiger partial charge in [-0.3, -0.25) is 14.4 Å². The topological polar surface area (TPSA) is 78.9 Å². The zero-order valence-electron chi connectivity index (χ0n) is 47.8. The molecule has 0 N–H and O–H groups in total. The fraction of sp³-hybridized carbons (Fsp3) is 0.862. The highest BCUT2D eigenvalue weighted by Gasteiger charge is 2.19. The molecule has 0 bridgehead atoms. The molecule has 0 aliphatic rings. The third-order valence-electron chi connectivity index (χ3n) is 14.1. The summed E-state index contributed by atoms with van der Waals surface area (Å²) in [5.41, 5.74) is 0. The Morgan fingerprint density at radius 3 is 0.859 bits per heavy atom. The van der Waals surface area contributed by atoms with Crippen molar-refractivity contribution in [1.82, 2.24) is 0 Å². The Morgan fingerprint density at radius 2 is 0.521 bits per heavy atom. The molecule has 0 saturated heterocycles. The summed E-state index contributed by atoms with van der Waals surface area (Å²) in [4.78, 5) is 38.2. The molecule has 1 atom stereocenters. The van der Waals surface area contributed by atoms with Crippen molar-refractivity contribution < 1.29 is 28.6 Å². The highest BCUT2D eigenvalue weighted by molar-refractivity contribution is 5.71. The molecule has 0 amide bonds. The lowest BCUT2D eigenvalue weighted by Crippen LogP contribution is -2.30. The summed E-state index contributed by atoms with van der Waals surface area (Å²) in [5.74, 6) is -0.873. The van der Waals surface area contributed by atoms with Crippen LogP contribution in [-0.2, 0) is 28.6 Å². The van der Waals surface area contributed by atoms with Gasteiger partial charge in [0.2, 0.25) is 0 Å². The molecule has 0 radical (unpaired) electrons. The number of esters is 3. The van der Waals surface area contributed by atoms with E-state index in [9.17, 15) is 14.4 Å². The van der Waals surface area contributed by atoms with E-state index in [0.29, 0.717) is 19.3 Å². The minimum Gasteiger partial charge on any atom is -0.462 e. The van der Waals surface area contributed by atoms with Crippen molar-refractivity contribution in [1.29, 1.82) is 0 Å². The fourth-order valence-corrected chi connectivity index (χ4v) is 9.34. The third-order valence-corrected chi connectivity index (χ3v) is 14.1. The van der Waals surface area contributed by atoms with Gasteiger partial charge >= 0.3 is 17.9 Å². The van der Waals surface area contributed by atoms with Crippen molar-refractivity contribution in [2.24, 2.45) is 0 Å². The first kappa shape index (κ1) is 68.6. The van der Waals surface area contributed by atoms with Crippen LogP contribution in [-0.4, -0.2) is 37.2 Å². The van der Waals surface area contributed by atoms with Crippen molar-refractivity contribution in [3.05, 3.63) is 36.5 Å². The van der Waals surface area contributed by atoms with Gasteiger partial charge in [0.05, 0.1) is 0 Å². The van der Waals surface area contributed by atoms with Crippen molar-refractivity contribution in [2.75, 3.05) is 13.2 Å². The number of carbonyl (C=O) groups excluding carboxylic acids is 3. The van der Waals surface area contributed by atoms with Crippen LogP contribution < -0.4 is 0 Å². The standard InChI is InChI=1S/C65H120O6/c1-4-7-10-13-16-19-22-24-26-28-29-30-31-32-33-34-35-37-38-40-43-46-49-52-55-58-64(67)70-61-62(60-69-63(66)57-54-51-48-45-42-21-18-15-12-9-6-3)71-65(68)59-56-53-50-47-44-41-39-36-27-25-23-20-17-14-11-8-5-2/h15,17-18,20,25,27,62H,4-14,16,19,21-24,26,28-61H2,1-3H3/b18-15-,20-17-,27-25-. The number of hydrogen-bond acceptors (Lipinski definition) is 6. The lowest BCUT2D eigenvalue weighted by molar-refractivity contribution is -0.167.